The summed E-state index contributed by atoms with van der Waals surface area (Å²) in [4.78, 5) is 11.4. The minimum Gasteiger partial charge on any atom is -0.464 e. The van der Waals surface area contributed by atoms with E-state index in [-0.39, 0.29) is 5.63 Å². The molecule has 0 saturated carbocycles. The standard InChI is InChI=1S/C14H12O3/c1-7-4-12(15)17-14-9(3)13-11(5-10(7)14)8(2)6-16-13/h4-6H,1-3H3. The van der Waals surface area contributed by atoms with E-state index >= 15 is 0 Å². The number of hydrogen-bond donors (Lipinski definition) is 0. The summed E-state index contributed by atoms with van der Waals surface area (Å²) < 4.78 is 10.8. The second-order valence-corrected chi connectivity index (χ2v) is 4.42. The Morgan fingerprint density at radius 3 is 2.41 bits per heavy atom. The molecule has 0 radical (unpaired) electrons. The fourth-order valence-electron chi connectivity index (χ4n) is 2.25. The highest BCUT2D eigenvalue weighted by Gasteiger charge is 2.13. The van der Waals surface area contributed by atoms with Crippen molar-refractivity contribution in [3.8, 4) is 0 Å². The minimum atomic E-state index is -0.319. The quantitative estimate of drug-likeness (QED) is 0.553. The predicted molar refractivity (Wildman–Crippen MR) is 66.5 cm³/mol. The number of hydrogen-bond acceptors (Lipinski definition) is 3. The van der Waals surface area contributed by atoms with Gasteiger partial charge in [0.05, 0.1) is 6.26 Å². The largest absolute Gasteiger partial charge is 0.464 e. The van der Waals surface area contributed by atoms with E-state index in [4.69, 9.17) is 8.83 Å². The van der Waals surface area contributed by atoms with Crippen molar-refractivity contribution in [3.05, 3.63) is 45.5 Å². The van der Waals surface area contributed by atoms with Gasteiger partial charge in [0.15, 0.2) is 0 Å². The Hall–Kier alpha value is -2.03. The molecule has 0 bridgehead atoms. The van der Waals surface area contributed by atoms with Crippen molar-refractivity contribution in [2.24, 2.45) is 0 Å². The minimum absolute atomic E-state index is 0.319. The Morgan fingerprint density at radius 2 is 1.65 bits per heavy atom. The highest BCUT2D eigenvalue weighted by atomic mass is 16.4. The number of rotatable bonds is 0. The summed E-state index contributed by atoms with van der Waals surface area (Å²) in [6.45, 7) is 5.83. The van der Waals surface area contributed by atoms with Crippen LogP contribution in [0.5, 0.6) is 0 Å². The van der Waals surface area contributed by atoms with Crippen LogP contribution in [0.3, 0.4) is 0 Å². The number of fused-ring (bicyclic) bond motifs is 2. The molecule has 2 aromatic heterocycles. The van der Waals surface area contributed by atoms with E-state index in [0.29, 0.717) is 5.58 Å². The van der Waals surface area contributed by atoms with Gasteiger partial charge in [-0.05, 0) is 38.0 Å². The maximum absolute atomic E-state index is 11.4. The van der Waals surface area contributed by atoms with Crippen LogP contribution in [0, 0.1) is 20.8 Å². The molecular formula is C14H12O3. The molecule has 0 aliphatic carbocycles. The number of furan rings is 1. The van der Waals surface area contributed by atoms with E-state index in [9.17, 15) is 4.79 Å². The van der Waals surface area contributed by atoms with Gasteiger partial charge in [0.1, 0.15) is 11.2 Å². The molecule has 0 aliphatic rings. The molecule has 1 aromatic carbocycles. The van der Waals surface area contributed by atoms with Gasteiger partial charge in [-0.15, -0.1) is 0 Å². The van der Waals surface area contributed by atoms with Gasteiger partial charge in [0, 0.05) is 22.4 Å². The van der Waals surface area contributed by atoms with Crippen LogP contribution in [-0.4, -0.2) is 0 Å². The van der Waals surface area contributed by atoms with E-state index in [0.717, 1.165) is 33.0 Å². The first-order valence-corrected chi connectivity index (χ1v) is 5.50. The lowest BCUT2D eigenvalue weighted by Gasteiger charge is -2.04. The molecule has 0 fully saturated rings. The fourth-order valence-corrected chi connectivity index (χ4v) is 2.25. The first-order valence-electron chi connectivity index (χ1n) is 5.50. The maximum Gasteiger partial charge on any atom is 0.336 e. The van der Waals surface area contributed by atoms with Crippen molar-refractivity contribution in [1.82, 2.24) is 0 Å². The molecule has 3 rings (SSSR count). The summed E-state index contributed by atoms with van der Waals surface area (Å²) in [6.07, 6.45) is 1.73. The third-order valence-corrected chi connectivity index (χ3v) is 3.20. The van der Waals surface area contributed by atoms with Gasteiger partial charge in [-0.25, -0.2) is 4.79 Å². The molecule has 3 nitrogen and oxygen atoms in total. The summed E-state index contributed by atoms with van der Waals surface area (Å²) in [7, 11) is 0. The second kappa shape index (κ2) is 3.23. The monoisotopic (exact) mass is 228 g/mol. The van der Waals surface area contributed by atoms with Gasteiger partial charge >= 0.3 is 5.63 Å². The molecule has 0 amide bonds. The molecule has 2 heterocycles. The van der Waals surface area contributed by atoms with Gasteiger partial charge < -0.3 is 8.83 Å². The first kappa shape index (κ1) is 10.1. The topological polar surface area (TPSA) is 43.4 Å². The van der Waals surface area contributed by atoms with E-state index in [1.807, 2.05) is 26.8 Å². The van der Waals surface area contributed by atoms with Crippen LogP contribution in [0.2, 0.25) is 0 Å². The van der Waals surface area contributed by atoms with E-state index in [1.54, 1.807) is 6.26 Å². The smallest absolute Gasteiger partial charge is 0.336 e. The summed E-state index contributed by atoms with van der Waals surface area (Å²) in [5.74, 6) is 0. The van der Waals surface area contributed by atoms with E-state index in [2.05, 4.69) is 0 Å². The molecular weight excluding hydrogens is 216 g/mol. The SMILES string of the molecule is Cc1coc2c(C)c3oc(=O)cc(C)c3cc12. The molecule has 0 unspecified atom stereocenters. The molecule has 86 valence electrons. The van der Waals surface area contributed by atoms with Gasteiger partial charge in [-0.3, -0.25) is 0 Å². The molecule has 0 atom stereocenters. The van der Waals surface area contributed by atoms with Gasteiger partial charge in [-0.2, -0.15) is 0 Å². The van der Waals surface area contributed by atoms with Crippen molar-refractivity contribution in [2.45, 2.75) is 20.8 Å². The summed E-state index contributed by atoms with van der Waals surface area (Å²) in [5.41, 5.74) is 4.00. The zero-order chi connectivity index (χ0) is 12.2. The molecule has 3 heteroatoms. The summed E-state index contributed by atoms with van der Waals surface area (Å²) in [6, 6.07) is 3.54. The van der Waals surface area contributed by atoms with Crippen LogP contribution in [-0.2, 0) is 0 Å². The average Bonchev–Trinajstić information content (AvgIpc) is 2.63. The van der Waals surface area contributed by atoms with Gasteiger partial charge in [-0.1, -0.05) is 0 Å². The zero-order valence-electron chi connectivity index (χ0n) is 9.96. The molecule has 0 N–H and O–H groups in total. The van der Waals surface area contributed by atoms with Crippen LogP contribution in [0.1, 0.15) is 16.7 Å². The van der Waals surface area contributed by atoms with Crippen LogP contribution in [0.25, 0.3) is 21.9 Å². The summed E-state index contributed by atoms with van der Waals surface area (Å²) in [5, 5.41) is 2.05. The van der Waals surface area contributed by atoms with Gasteiger partial charge in [0.2, 0.25) is 0 Å². The Labute approximate surface area is 97.7 Å². The Morgan fingerprint density at radius 1 is 0.941 bits per heavy atom. The average molecular weight is 228 g/mol. The zero-order valence-corrected chi connectivity index (χ0v) is 9.96. The van der Waals surface area contributed by atoms with Gasteiger partial charge in [0.25, 0.3) is 0 Å². The Kier molecular flexibility index (Phi) is 1.93. The molecule has 0 spiro atoms. The molecule has 17 heavy (non-hydrogen) atoms. The highest BCUT2D eigenvalue weighted by molar-refractivity contribution is 5.99. The van der Waals surface area contributed by atoms with Crippen molar-refractivity contribution in [3.63, 3.8) is 0 Å². The van der Waals surface area contributed by atoms with Crippen molar-refractivity contribution in [1.29, 1.82) is 0 Å². The Bertz CT molecular complexity index is 790. The number of benzene rings is 1. The first-order chi connectivity index (χ1) is 8.08. The Balaban J connectivity index is 2.65. The van der Waals surface area contributed by atoms with Crippen LogP contribution >= 0.6 is 0 Å². The van der Waals surface area contributed by atoms with Crippen LogP contribution < -0.4 is 5.63 Å². The van der Waals surface area contributed by atoms with Crippen LogP contribution in [0.15, 0.2) is 32.0 Å². The molecule has 0 saturated heterocycles. The highest BCUT2D eigenvalue weighted by Crippen LogP contribution is 2.31. The fraction of sp³-hybridized carbons (Fsp3) is 0.214. The van der Waals surface area contributed by atoms with Crippen LogP contribution in [0.4, 0.5) is 0 Å². The van der Waals surface area contributed by atoms with E-state index < -0.39 is 0 Å². The van der Waals surface area contributed by atoms with E-state index in [1.165, 1.54) is 6.07 Å². The second-order valence-electron chi connectivity index (χ2n) is 4.42. The van der Waals surface area contributed by atoms with Crippen molar-refractivity contribution < 1.29 is 8.83 Å². The third kappa shape index (κ3) is 1.32. The summed E-state index contributed by atoms with van der Waals surface area (Å²) >= 11 is 0. The lowest BCUT2D eigenvalue weighted by molar-refractivity contribution is 0.555. The normalized spacial score (nSPS) is 11.5. The lowest BCUT2D eigenvalue weighted by Crippen LogP contribution is -1.99. The molecule has 3 aromatic rings. The lowest BCUT2D eigenvalue weighted by atomic mass is 10.0. The predicted octanol–water partition coefficient (Wildman–Crippen LogP) is 3.46. The number of aryl methyl sites for hydroxylation is 3. The molecule has 0 aliphatic heterocycles. The van der Waals surface area contributed by atoms with Crippen molar-refractivity contribution >= 4 is 21.9 Å². The van der Waals surface area contributed by atoms with Crippen molar-refractivity contribution in [2.75, 3.05) is 0 Å². The maximum atomic E-state index is 11.4. The third-order valence-electron chi connectivity index (χ3n) is 3.20.